The van der Waals surface area contributed by atoms with Gasteiger partial charge in [0.1, 0.15) is 11.6 Å². The highest BCUT2D eigenvalue weighted by Crippen LogP contribution is 2.38. The van der Waals surface area contributed by atoms with Crippen LogP contribution in [0.2, 0.25) is 0 Å². The van der Waals surface area contributed by atoms with Gasteiger partial charge < -0.3 is 14.4 Å². The van der Waals surface area contributed by atoms with Crippen molar-refractivity contribution in [1.82, 2.24) is 9.80 Å². The van der Waals surface area contributed by atoms with Crippen LogP contribution in [0.1, 0.15) is 38.9 Å². The number of benzene rings is 1. The molecule has 1 aromatic carbocycles. The lowest BCUT2D eigenvalue weighted by atomic mass is 9.88. The van der Waals surface area contributed by atoms with Crippen LogP contribution >= 0.6 is 0 Å². The predicted octanol–water partition coefficient (Wildman–Crippen LogP) is 3.21. The molecule has 31 heavy (non-hydrogen) atoms. The lowest BCUT2D eigenvalue weighted by Gasteiger charge is -2.39. The van der Waals surface area contributed by atoms with Crippen molar-refractivity contribution in [3.05, 3.63) is 35.4 Å². The van der Waals surface area contributed by atoms with Crippen molar-refractivity contribution >= 4 is 17.6 Å². The number of hydrogen-bond donors (Lipinski definition) is 2. The van der Waals surface area contributed by atoms with E-state index in [4.69, 9.17) is 25.3 Å². The van der Waals surface area contributed by atoms with E-state index in [-0.39, 0.29) is 41.4 Å². The van der Waals surface area contributed by atoms with Crippen LogP contribution in [-0.2, 0) is 9.47 Å². The van der Waals surface area contributed by atoms with Crippen molar-refractivity contribution in [2.75, 3.05) is 26.2 Å². The normalized spacial score (nSPS) is 30.8. The Kier molecular flexibility index (Phi) is 6.07. The van der Waals surface area contributed by atoms with Crippen LogP contribution in [0, 0.1) is 28.4 Å². The smallest absolute Gasteiger partial charge is 0.256 e. The van der Waals surface area contributed by atoms with Gasteiger partial charge in [-0.05, 0) is 37.5 Å². The van der Waals surface area contributed by atoms with Gasteiger partial charge in [-0.25, -0.2) is 8.78 Å². The third kappa shape index (κ3) is 4.21. The molecule has 3 aliphatic rings. The van der Waals surface area contributed by atoms with Crippen LogP contribution in [0.15, 0.2) is 23.2 Å². The standard InChI is InChI=1S/C22H29F2N5O2/c1-4-29-19-10-28(9-18(19)27-22(29)21(26)31-13(3)25)15-7-12(2)20(30-11-15)16-8-14(23)5-6-17(16)24/h5-6,8,12,15,18-20,25-26H,4,7,9-11H2,1-3H3/t12?,15?,18?,19?,20-/m0/s1. The number of nitrogens with zero attached hydrogens (tertiary/aromatic N) is 3. The molecule has 0 bridgehead atoms. The number of fused-ring (bicyclic) bond motifs is 1. The lowest BCUT2D eigenvalue weighted by molar-refractivity contribution is -0.0674. The number of halogens is 2. The Morgan fingerprint density at radius 3 is 2.74 bits per heavy atom. The summed E-state index contributed by atoms with van der Waals surface area (Å²) in [6, 6.07) is 3.90. The van der Waals surface area contributed by atoms with Gasteiger partial charge in [-0.15, -0.1) is 0 Å². The van der Waals surface area contributed by atoms with Crippen LogP contribution in [-0.4, -0.2) is 71.8 Å². The molecule has 2 saturated heterocycles. The molecular formula is C22H29F2N5O2. The molecule has 3 aliphatic heterocycles. The maximum absolute atomic E-state index is 14.2. The third-order valence-corrected chi connectivity index (χ3v) is 6.46. The molecule has 4 unspecified atom stereocenters. The molecule has 5 atom stereocenters. The molecule has 0 aromatic heterocycles. The number of rotatable bonds is 4. The maximum Gasteiger partial charge on any atom is 0.256 e. The van der Waals surface area contributed by atoms with Crippen molar-refractivity contribution in [1.29, 1.82) is 10.8 Å². The largest absolute Gasteiger partial charge is 0.422 e. The molecule has 0 radical (unpaired) electrons. The van der Waals surface area contributed by atoms with E-state index in [0.29, 0.717) is 19.0 Å². The summed E-state index contributed by atoms with van der Waals surface area (Å²) in [6.45, 7) is 8.24. The Morgan fingerprint density at radius 1 is 1.29 bits per heavy atom. The first-order valence-electron chi connectivity index (χ1n) is 10.8. The van der Waals surface area contributed by atoms with Crippen molar-refractivity contribution in [2.45, 2.75) is 51.4 Å². The highest BCUT2D eigenvalue weighted by molar-refractivity contribution is 6.38. The minimum Gasteiger partial charge on any atom is -0.422 e. The van der Waals surface area contributed by atoms with Gasteiger partial charge in [0.15, 0.2) is 11.7 Å². The number of nitrogens with one attached hydrogen (secondary N) is 2. The molecule has 9 heteroatoms. The minimum absolute atomic E-state index is 0.0277. The van der Waals surface area contributed by atoms with Gasteiger partial charge >= 0.3 is 0 Å². The summed E-state index contributed by atoms with van der Waals surface area (Å²) >= 11 is 0. The summed E-state index contributed by atoms with van der Waals surface area (Å²) in [5, 5.41) is 15.6. The summed E-state index contributed by atoms with van der Waals surface area (Å²) in [4.78, 5) is 9.16. The van der Waals surface area contributed by atoms with E-state index in [9.17, 15) is 8.78 Å². The fourth-order valence-electron chi connectivity index (χ4n) is 5.07. The van der Waals surface area contributed by atoms with E-state index in [1.54, 1.807) is 0 Å². The molecule has 1 aromatic rings. The number of likely N-dealkylation sites (N-methyl/N-ethyl adjacent to an activating group) is 1. The van der Waals surface area contributed by atoms with Gasteiger partial charge in [0, 0.05) is 38.2 Å². The van der Waals surface area contributed by atoms with Gasteiger partial charge in [-0.1, -0.05) is 6.92 Å². The molecule has 2 fully saturated rings. The molecule has 2 N–H and O–H groups in total. The van der Waals surface area contributed by atoms with E-state index >= 15 is 0 Å². The number of aliphatic imine (C=N–C) groups is 1. The highest BCUT2D eigenvalue weighted by atomic mass is 19.1. The van der Waals surface area contributed by atoms with Crippen LogP contribution in [0.3, 0.4) is 0 Å². The first-order chi connectivity index (χ1) is 14.8. The lowest BCUT2D eigenvalue weighted by Crippen LogP contribution is -2.47. The zero-order valence-corrected chi connectivity index (χ0v) is 18.1. The number of amidine groups is 1. The van der Waals surface area contributed by atoms with Crippen molar-refractivity contribution < 1.29 is 18.3 Å². The maximum atomic E-state index is 14.2. The summed E-state index contributed by atoms with van der Waals surface area (Å²) in [7, 11) is 0. The highest BCUT2D eigenvalue weighted by Gasteiger charge is 2.46. The van der Waals surface area contributed by atoms with Crippen molar-refractivity contribution in [2.24, 2.45) is 10.9 Å². The van der Waals surface area contributed by atoms with Crippen molar-refractivity contribution in [3.8, 4) is 0 Å². The zero-order valence-electron chi connectivity index (χ0n) is 18.1. The number of ether oxygens (including phenoxy) is 2. The second-order valence-electron chi connectivity index (χ2n) is 8.60. The van der Waals surface area contributed by atoms with E-state index in [1.165, 1.54) is 13.0 Å². The summed E-state index contributed by atoms with van der Waals surface area (Å²) in [5.41, 5.74) is 0.288. The quantitative estimate of drug-likeness (QED) is 0.564. The van der Waals surface area contributed by atoms with Gasteiger partial charge in [-0.3, -0.25) is 20.7 Å². The van der Waals surface area contributed by atoms with E-state index in [2.05, 4.69) is 9.80 Å². The van der Waals surface area contributed by atoms with Gasteiger partial charge in [-0.2, -0.15) is 0 Å². The molecule has 0 saturated carbocycles. The van der Waals surface area contributed by atoms with Crippen LogP contribution in [0.25, 0.3) is 0 Å². The fraction of sp³-hybridized carbons (Fsp3) is 0.591. The number of likely N-dealkylation sites (tertiary alicyclic amines) is 1. The molecule has 0 aliphatic carbocycles. The second-order valence-corrected chi connectivity index (χ2v) is 8.60. The van der Waals surface area contributed by atoms with E-state index in [0.717, 1.165) is 31.6 Å². The Hall–Kier alpha value is -2.39. The monoisotopic (exact) mass is 433 g/mol. The molecule has 7 nitrogen and oxygen atoms in total. The Balaban J connectivity index is 1.42. The number of hydrogen-bond acceptors (Lipinski definition) is 7. The van der Waals surface area contributed by atoms with Gasteiger partial charge in [0.2, 0.25) is 0 Å². The van der Waals surface area contributed by atoms with Gasteiger partial charge in [0.25, 0.3) is 5.90 Å². The third-order valence-electron chi connectivity index (χ3n) is 6.46. The Labute approximate surface area is 181 Å². The topological polar surface area (TPSA) is 85.0 Å². The van der Waals surface area contributed by atoms with E-state index < -0.39 is 17.7 Å². The molecule has 168 valence electrons. The second kappa shape index (κ2) is 8.63. The van der Waals surface area contributed by atoms with E-state index in [1.807, 2.05) is 13.8 Å². The fourth-order valence-corrected chi connectivity index (χ4v) is 5.07. The average Bonchev–Trinajstić information content (AvgIpc) is 3.27. The molecular weight excluding hydrogens is 404 g/mol. The SMILES string of the molecule is CCN1C(C(=N)OC(C)=N)=NC2CN(C3CO[C@H](c4cc(F)ccc4F)C(C)C3)CC21. The van der Waals surface area contributed by atoms with Crippen molar-refractivity contribution in [3.63, 3.8) is 0 Å². The predicted molar refractivity (Wildman–Crippen MR) is 114 cm³/mol. The van der Waals surface area contributed by atoms with Crippen LogP contribution in [0.4, 0.5) is 8.78 Å². The first kappa shape index (κ1) is 21.8. The zero-order chi connectivity index (χ0) is 22.3. The Morgan fingerprint density at radius 2 is 2.06 bits per heavy atom. The molecule has 4 rings (SSSR count). The summed E-state index contributed by atoms with van der Waals surface area (Å²) < 4.78 is 39.1. The molecule has 3 heterocycles. The molecule has 0 amide bonds. The summed E-state index contributed by atoms with van der Waals surface area (Å²) in [6.07, 6.45) is 0.377. The summed E-state index contributed by atoms with van der Waals surface area (Å²) in [5.74, 6) is -0.432. The Bertz CT molecular complexity index is 908. The molecule has 0 spiro atoms. The van der Waals surface area contributed by atoms with Crippen LogP contribution in [0.5, 0.6) is 0 Å². The minimum atomic E-state index is -0.456. The van der Waals surface area contributed by atoms with Crippen LogP contribution < -0.4 is 0 Å². The first-order valence-corrected chi connectivity index (χ1v) is 10.8. The van der Waals surface area contributed by atoms with Gasteiger partial charge in [0.05, 0.1) is 24.8 Å². The average molecular weight is 434 g/mol.